The standard InChI is InChI=1S/C4H7BN2O/c1-3-6-7(2)4(5)8/h3H,1-2H3/b6-3-. The highest BCUT2D eigenvalue weighted by molar-refractivity contribution is 6.56. The van der Waals surface area contributed by atoms with Crippen LogP contribution < -0.4 is 0 Å². The number of hydrogen-bond acceptors (Lipinski definition) is 2. The Morgan fingerprint density at radius 2 is 2.38 bits per heavy atom. The molecule has 0 saturated carbocycles. The summed E-state index contributed by atoms with van der Waals surface area (Å²) < 4.78 is 0. The Hall–Kier alpha value is -0.795. The van der Waals surface area contributed by atoms with Gasteiger partial charge in [-0.2, -0.15) is 5.10 Å². The second-order valence-electron chi connectivity index (χ2n) is 1.24. The minimum absolute atomic E-state index is 0.553. The second-order valence-corrected chi connectivity index (χ2v) is 1.24. The first-order valence-corrected chi connectivity index (χ1v) is 2.20. The number of amides is 1. The lowest BCUT2D eigenvalue weighted by Crippen LogP contribution is -2.18. The van der Waals surface area contributed by atoms with E-state index < -0.39 is 5.81 Å². The van der Waals surface area contributed by atoms with E-state index in [4.69, 9.17) is 7.85 Å². The fourth-order valence-electron chi connectivity index (χ4n) is 0.230. The summed E-state index contributed by atoms with van der Waals surface area (Å²) in [6.45, 7) is 1.71. The van der Waals surface area contributed by atoms with Gasteiger partial charge in [0.2, 0.25) is 7.85 Å². The van der Waals surface area contributed by atoms with Crippen molar-refractivity contribution in [1.82, 2.24) is 5.01 Å². The van der Waals surface area contributed by atoms with Crippen molar-refractivity contribution in [3.63, 3.8) is 0 Å². The predicted molar refractivity (Wildman–Crippen MR) is 33.1 cm³/mol. The number of rotatable bonds is 1. The molecule has 0 heterocycles. The van der Waals surface area contributed by atoms with E-state index in [1.165, 1.54) is 13.3 Å². The first kappa shape index (κ1) is 7.20. The number of carbonyl (C=O) groups excluding carboxylic acids is 1. The van der Waals surface area contributed by atoms with Crippen LogP contribution >= 0.6 is 0 Å². The zero-order valence-electron chi connectivity index (χ0n) is 4.96. The summed E-state index contributed by atoms with van der Waals surface area (Å²) in [6.07, 6.45) is 1.49. The number of hydrogen-bond donors (Lipinski definition) is 0. The Morgan fingerprint density at radius 3 is 2.50 bits per heavy atom. The molecule has 0 aliphatic rings. The van der Waals surface area contributed by atoms with E-state index >= 15 is 0 Å². The van der Waals surface area contributed by atoms with Crippen molar-refractivity contribution >= 4 is 19.9 Å². The molecule has 0 aliphatic heterocycles. The van der Waals surface area contributed by atoms with Crippen LogP contribution in [-0.4, -0.2) is 31.9 Å². The quantitative estimate of drug-likeness (QED) is 0.270. The Balaban J connectivity index is 3.64. The van der Waals surface area contributed by atoms with Crippen LogP contribution in [0.25, 0.3) is 0 Å². The first-order chi connectivity index (χ1) is 3.68. The lowest BCUT2D eigenvalue weighted by atomic mass is 10.1. The third-order valence-corrected chi connectivity index (χ3v) is 0.608. The molecule has 0 bridgehead atoms. The van der Waals surface area contributed by atoms with Crippen LogP contribution in [0.3, 0.4) is 0 Å². The van der Waals surface area contributed by atoms with Crippen LogP contribution in [-0.2, 0) is 0 Å². The van der Waals surface area contributed by atoms with E-state index in [1.54, 1.807) is 6.92 Å². The predicted octanol–water partition coefficient (Wildman–Crippen LogP) is 0.212. The lowest BCUT2D eigenvalue weighted by Gasteiger charge is -2.04. The van der Waals surface area contributed by atoms with Crippen molar-refractivity contribution in [2.75, 3.05) is 7.05 Å². The minimum Gasteiger partial charge on any atom is -0.287 e. The van der Waals surface area contributed by atoms with Crippen LogP contribution in [0.5, 0.6) is 0 Å². The van der Waals surface area contributed by atoms with Gasteiger partial charge in [0, 0.05) is 13.3 Å². The highest BCUT2D eigenvalue weighted by Gasteiger charge is 1.93. The third-order valence-electron chi connectivity index (χ3n) is 0.608. The van der Waals surface area contributed by atoms with Crippen molar-refractivity contribution in [2.24, 2.45) is 5.10 Å². The molecule has 8 heavy (non-hydrogen) atoms. The highest BCUT2D eigenvalue weighted by atomic mass is 16.2. The normalized spacial score (nSPS) is 9.75. The summed E-state index contributed by atoms with van der Waals surface area (Å²) >= 11 is 0. The molecule has 0 spiro atoms. The van der Waals surface area contributed by atoms with Crippen LogP contribution in [0.1, 0.15) is 6.92 Å². The van der Waals surface area contributed by atoms with Gasteiger partial charge in [-0.1, -0.05) is 0 Å². The van der Waals surface area contributed by atoms with E-state index in [1.807, 2.05) is 0 Å². The summed E-state index contributed by atoms with van der Waals surface area (Å²) in [7, 11) is 6.28. The van der Waals surface area contributed by atoms with Gasteiger partial charge in [0.1, 0.15) is 0 Å². The Labute approximate surface area is 49.8 Å². The van der Waals surface area contributed by atoms with Crippen molar-refractivity contribution in [1.29, 1.82) is 0 Å². The van der Waals surface area contributed by atoms with Gasteiger partial charge >= 0.3 is 0 Å². The topological polar surface area (TPSA) is 32.7 Å². The van der Waals surface area contributed by atoms with Gasteiger partial charge in [-0.25, -0.2) is 5.01 Å². The molecule has 0 fully saturated rings. The molecule has 0 unspecified atom stereocenters. The molecule has 0 rings (SSSR count). The minimum atomic E-state index is -0.553. The van der Waals surface area contributed by atoms with Crippen molar-refractivity contribution in [3.8, 4) is 0 Å². The molecule has 1 amide bonds. The molecule has 0 aromatic rings. The van der Waals surface area contributed by atoms with E-state index in [0.29, 0.717) is 0 Å². The molecule has 0 aromatic heterocycles. The zero-order valence-corrected chi connectivity index (χ0v) is 4.96. The maximum atomic E-state index is 10.1. The monoisotopic (exact) mass is 110 g/mol. The SMILES string of the molecule is [B]C(=O)N(C)/N=C\C. The van der Waals surface area contributed by atoms with Crippen LogP contribution in [0, 0.1) is 0 Å². The van der Waals surface area contributed by atoms with E-state index in [9.17, 15) is 4.79 Å². The second kappa shape index (κ2) is 3.24. The number of hydrazone groups is 1. The zero-order chi connectivity index (χ0) is 6.57. The van der Waals surface area contributed by atoms with Crippen molar-refractivity contribution in [2.45, 2.75) is 6.92 Å². The average molecular weight is 110 g/mol. The summed E-state index contributed by atoms with van der Waals surface area (Å²) in [6, 6.07) is 0. The van der Waals surface area contributed by atoms with Crippen LogP contribution in [0.2, 0.25) is 0 Å². The molecular formula is C4H7BN2O. The molecule has 0 saturated heterocycles. The van der Waals surface area contributed by atoms with Crippen molar-refractivity contribution in [3.05, 3.63) is 0 Å². The first-order valence-electron chi connectivity index (χ1n) is 2.20. The molecule has 0 atom stereocenters. The average Bonchev–Trinajstić information content (AvgIpc) is 1.67. The summed E-state index contributed by atoms with van der Waals surface area (Å²) in [5, 5.41) is 4.61. The smallest absolute Gasteiger partial charge is 0.203 e. The maximum absolute atomic E-state index is 10.1. The summed E-state index contributed by atoms with van der Waals surface area (Å²) in [4.78, 5) is 10.1. The molecule has 0 aliphatic carbocycles. The van der Waals surface area contributed by atoms with Crippen LogP contribution in [0.15, 0.2) is 5.10 Å². The fourth-order valence-corrected chi connectivity index (χ4v) is 0.230. The Kier molecular flexibility index (Phi) is 2.92. The van der Waals surface area contributed by atoms with Gasteiger partial charge in [0.15, 0.2) is 5.81 Å². The number of nitrogens with zero attached hydrogens (tertiary/aromatic N) is 2. The third kappa shape index (κ3) is 2.39. The Morgan fingerprint density at radius 1 is 1.88 bits per heavy atom. The van der Waals surface area contributed by atoms with E-state index in [-0.39, 0.29) is 0 Å². The molecule has 0 N–H and O–H groups in total. The fraction of sp³-hybridized carbons (Fsp3) is 0.500. The molecule has 2 radical (unpaired) electrons. The summed E-state index contributed by atoms with van der Waals surface area (Å²) in [5.41, 5.74) is 0. The number of carbonyl (C=O) groups is 1. The maximum Gasteiger partial charge on any atom is 0.203 e. The van der Waals surface area contributed by atoms with E-state index in [0.717, 1.165) is 5.01 Å². The molecule has 42 valence electrons. The highest BCUT2D eigenvalue weighted by Crippen LogP contribution is 1.79. The molecule has 4 heteroatoms. The summed E-state index contributed by atoms with van der Waals surface area (Å²) in [5.74, 6) is -0.553. The van der Waals surface area contributed by atoms with Gasteiger partial charge in [-0.3, -0.25) is 4.79 Å². The molecular weight excluding hydrogens is 103 g/mol. The van der Waals surface area contributed by atoms with Gasteiger partial charge in [-0.15, -0.1) is 0 Å². The largest absolute Gasteiger partial charge is 0.287 e. The molecule has 0 aromatic carbocycles. The van der Waals surface area contributed by atoms with Crippen molar-refractivity contribution < 1.29 is 4.79 Å². The Bertz CT molecular complexity index is 113. The van der Waals surface area contributed by atoms with Crippen LogP contribution in [0.4, 0.5) is 4.79 Å². The van der Waals surface area contributed by atoms with Gasteiger partial charge in [-0.05, 0) is 6.92 Å². The van der Waals surface area contributed by atoms with Gasteiger partial charge in [0.05, 0.1) is 0 Å². The molecule has 3 nitrogen and oxygen atoms in total. The van der Waals surface area contributed by atoms with E-state index in [2.05, 4.69) is 5.10 Å². The lowest BCUT2D eigenvalue weighted by molar-refractivity contribution is 0.234. The van der Waals surface area contributed by atoms with Gasteiger partial charge in [0.25, 0.3) is 0 Å². The van der Waals surface area contributed by atoms with Gasteiger partial charge < -0.3 is 0 Å².